The zero-order valence-corrected chi connectivity index (χ0v) is 39.7. The van der Waals surface area contributed by atoms with Crippen molar-refractivity contribution in [3.8, 4) is 23.0 Å². The quantitative estimate of drug-likeness (QED) is 0.0209. The average molecular weight is 952 g/mol. The minimum atomic E-state index is -1.49. The molecule has 3 aliphatic rings. The summed E-state index contributed by atoms with van der Waals surface area (Å²) >= 11 is 0. The second kappa shape index (κ2) is 22.7. The minimum absolute atomic E-state index is 0.0201. The molecule has 0 bridgehead atoms. The first kappa shape index (κ1) is 49.5. The number of carbonyl (C=O) groups excluding carboxylic acids is 2. The second-order valence-corrected chi connectivity index (χ2v) is 18.2. The molecule has 0 saturated heterocycles. The summed E-state index contributed by atoms with van der Waals surface area (Å²) in [6, 6.07) is 29.8. The smallest absolute Gasteiger partial charge is 0.269 e. The molecule has 1 heterocycles. The highest BCUT2D eigenvalue weighted by molar-refractivity contribution is 6.04. The van der Waals surface area contributed by atoms with E-state index in [0.29, 0.717) is 71.2 Å². The van der Waals surface area contributed by atoms with Gasteiger partial charge in [0.25, 0.3) is 11.6 Å². The van der Waals surface area contributed by atoms with Crippen LogP contribution < -0.4 is 14.2 Å². The van der Waals surface area contributed by atoms with Crippen LogP contribution in [0.3, 0.4) is 0 Å². The molecule has 1 fully saturated rings. The molecule has 14 nitrogen and oxygen atoms in total. The van der Waals surface area contributed by atoms with Crippen LogP contribution in [0.1, 0.15) is 96.1 Å². The highest BCUT2D eigenvalue weighted by atomic mass is 16.7. The van der Waals surface area contributed by atoms with Crippen LogP contribution >= 0.6 is 0 Å². The van der Waals surface area contributed by atoms with E-state index in [4.69, 9.17) is 28.9 Å². The number of non-ortho nitro benzene ring substituents is 1. The predicted octanol–water partition coefficient (Wildman–Crippen LogP) is 10.7. The highest BCUT2D eigenvalue weighted by Crippen LogP contribution is 2.62. The maximum absolute atomic E-state index is 15.4. The maximum atomic E-state index is 15.4. The van der Waals surface area contributed by atoms with Gasteiger partial charge in [0, 0.05) is 55.4 Å². The van der Waals surface area contributed by atoms with Crippen LogP contribution in [0.5, 0.6) is 23.0 Å². The SMILES string of the molecule is C=CCOC12Oc3ccc(Oc4ccc(OC)c(C=O)c4)cc3C3C(CCCCO)C(CCCCO)C=C(C(=NOCc4ccc([N+](=O)[O-])cc4)CC1N(CCC)C(=O)c1ccc4ccccc4c1)C32. The Bertz CT molecular complexity index is 2740. The number of amides is 1. The van der Waals surface area contributed by atoms with Crippen LogP contribution in [0.4, 0.5) is 5.69 Å². The molecule has 14 heteroatoms. The van der Waals surface area contributed by atoms with Crippen LogP contribution in [0.15, 0.2) is 133 Å². The molecule has 6 atom stereocenters. The van der Waals surface area contributed by atoms with Crippen molar-refractivity contribution in [3.63, 3.8) is 0 Å². The molecule has 366 valence electrons. The first-order chi connectivity index (χ1) is 34.2. The fourth-order valence-corrected chi connectivity index (χ4v) is 10.7. The third-order valence-electron chi connectivity index (χ3n) is 13.9. The van der Waals surface area contributed by atoms with Gasteiger partial charge in [-0.25, -0.2) is 0 Å². The number of nitro groups is 1. The summed E-state index contributed by atoms with van der Waals surface area (Å²) in [5.41, 5.74) is 3.85. The Morgan fingerprint density at radius 3 is 2.40 bits per heavy atom. The van der Waals surface area contributed by atoms with E-state index >= 15 is 4.79 Å². The van der Waals surface area contributed by atoms with Gasteiger partial charge in [0.15, 0.2) is 6.29 Å². The van der Waals surface area contributed by atoms with Gasteiger partial charge in [0.05, 0.1) is 35.8 Å². The number of nitrogens with zero attached hydrogens (tertiary/aromatic N) is 3. The lowest BCUT2D eigenvalue weighted by molar-refractivity contribution is -0.384. The molecule has 6 unspecified atom stereocenters. The number of unbranched alkanes of at least 4 members (excludes halogenated alkanes) is 2. The molecule has 1 amide bonds. The first-order valence-electron chi connectivity index (χ1n) is 24.2. The number of hydrogen-bond donors (Lipinski definition) is 2. The Balaban J connectivity index is 1.33. The maximum Gasteiger partial charge on any atom is 0.269 e. The number of aliphatic hydroxyl groups is 2. The molecule has 5 aromatic carbocycles. The van der Waals surface area contributed by atoms with Crippen molar-refractivity contribution < 1.29 is 48.5 Å². The van der Waals surface area contributed by atoms with Crippen molar-refractivity contribution in [1.29, 1.82) is 0 Å². The fourth-order valence-electron chi connectivity index (χ4n) is 10.7. The number of carbonyl (C=O) groups is 2. The van der Waals surface area contributed by atoms with E-state index in [0.717, 1.165) is 53.9 Å². The van der Waals surface area contributed by atoms with Crippen molar-refractivity contribution in [3.05, 3.63) is 160 Å². The van der Waals surface area contributed by atoms with Gasteiger partial charge in [-0.1, -0.05) is 67.4 Å². The number of oxime groups is 1. The molecular formula is C56H61N3O11. The van der Waals surface area contributed by atoms with Gasteiger partial charge < -0.3 is 38.9 Å². The number of hydrogen-bond acceptors (Lipinski definition) is 12. The summed E-state index contributed by atoms with van der Waals surface area (Å²) in [6.45, 7) is 6.68. The lowest BCUT2D eigenvalue weighted by Gasteiger charge is -2.60. The van der Waals surface area contributed by atoms with E-state index in [-0.39, 0.29) is 62.2 Å². The minimum Gasteiger partial charge on any atom is -0.496 e. The van der Waals surface area contributed by atoms with Gasteiger partial charge >= 0.3 is 0 Å². The second-order valence-electron chi connectivity index (χ2n) is 18.2. The van der Waals surface area contributed by atoms with Crippen molar-refractivity contribution in [1.82, 2.24) is 4.90 Å². The number of allylic oxidation sites excluding steroid dienone is 1. The van der Waals surface area contributed by atoms with E-state index in [1.165, 1.54) is 19.2 Å². The summed E-state index contributed by atoms with van der Waals surface area (Å²) in [4.78, 5) is 46.5. The van der Waals surface area contributed by atoms with Gasteiger partial charge in [-0.15, -0.1) is 6.58 Å². The van der Waals surface area contributed by atoms with E-state index in [2.05, 4.69) is 12.7 Å². The lowest BCUT2D eigenvalue weighted by atomic mass is 9.55. The molecule has 1 saturated carbocycles. The lowest BCUT2D eigenvalue weighted by Crippen LogP contribution is -2.70. The van der Waals surface area contributed by atoms with Crippen molar-refractivity contribution in [2.24, 2.45) is 22.9 Å². The molecule has 70 heavy (non-hydrogen) atoms. The van der Waals surface area contributed by atoms with Crippen molar-refractivity contribution in [2.75, 3.05) is 33.5 Å². The van der Waals surface area contributed by atoms with Gasteiger partial charge in [-0.05, 0) is 127 Å². The van der Waals surface area contributed by atoms with Crippen LogP contribution in [-0.4, -0.2) is 83.2 Å². The molecule has 5 aromatic rings. The number of nitro benzene ring substituents is 1. The highest BCUT2D eigenvalue weighted by Gasteiger charge is 2.65. The molecule has 0 radical (unpaired) electrons. The Labute approximate surface area is 408 Å². The van der Waals surface area contributed by atoms with Crippen LogP contribution in [0, 0.1) is 27.9 Å². The molecule has 8 rings (SSSR count). The Morgan fingerprint density at radius 2 is 1.69 bits per heavy atom. The van der Waals surface area contributed by atoms with E-state index < -0.39 is 22.7 Å². The molecule has 1 aliphatic heterocycles. The predicted molar refractivity (Wildman–Crippen MR) is 267 cm³/mol. The molecular weight excluding hydrogens is 891 g/mol. The summed E-state index contributed by atoms with van der Waals surface area (Å²) in [5, 5.41) is 38.4. The summed E-state index contributed by atoms with van der Waals surface area (Å²) < 4.78 is 26.5. The number of aliphatic hydroxyl groups excluding tert-OH is 2. The largest absolute Gasteiger partial charge is 0.496 e. The van der Waals surface area contributed by atoms with Crippen molar-refractivity contribution >= 4 is 34.4 Å². The molecule has 0 spiro atoms. The van der Waals surface area contributed by atoms with Gasteiger partial charge in [0.1, 0.15) is 35.6 Å². The number of fused-ring (bicyclic) bond motifs is 3. The third kappa shape index (κ3) is 10.4. The standard InChI is InChI=1S/C56H61N3O11/c1-4-26-58(55(63)41-19-18-38-12-6-7-13-39(38)30-41)52-34-49(57-68-36-37-16-20-43(21-17-37)59(64)65)47-32-40(14-8-10-27-60)46(15-9-11-28-61)53-48-33-45(69-44-22-24-50(66-3)42(31-44)35-62)23-25-51(48)70-56(52,54(47)53)67-29-5-2/h5-7,12-13,16-25,30-33,35,40,46,52-54,60-61H,2,4,8-11,14-15,26-29,34,36H2,1,3H3. The molecule has 2 aliphatic carbocycles. The number of benzene rings is 5. The van der Waals surface area contributed by atoms with Crippen LogP contribution in [0.25, 0.3) is 10.8 Å². The van der Waals surface area contributed by atoms with E-state index in [1.807, 2.05) is 72.5 Å². The Morgan fingerprint density at radius 1 is 0.943 bits per heavy atom. The van der Waals surface area contributed by atoms with Gasteiger partial charge in [0.2, 0.25) is 5.79 Å². The Kier molecular flexibility index (Phi) is 16.1. The number of rotatable bonds is 23. The monoisotopic (exact) mass is 951 g/mol. The zero-order valence-electron chi connectivity index (χ0n) is 39.7. The van der Waals surface area contributed by atoms with Gasteiger partial charge in [-0.3, -0.25) is 19.7 Å². The van der Waals surface area contributed by atoms with E-state index in [9.17, 15) is 25.1 Å². The molecule has 0 aromatic heterocycles. The number of methoxy groups -OCH3 is 1. The number of ether oxygens (including phenoxy) is 4. The zero-order chi connectivity index (χ0) is 49.2. The summed E-state index contributed by atoms with van der Waals surface area (Å²) in [7, 11) is 1.50. The summed E-state index contributed by atoms with van der Waals surface area (Å²) in [5.74, 6) is -0.694. The number of aldehydes is 1. The fraction of sp³-hybridized carbons (Fsp3) is 0.375. The topological polar surface area (TPSA) is 179 Å². The molecule has 2 N–H and O–H groups in total. The van der Waals surface area contributed by atoms with Crippen LogP contribution in [-0.2, 0) is 16.2 Å². The van der Waals surface area contributed by atoms with Crippen molar-refractivity contribution in [2.45, 2.75) is 82.6 Å². The normalized spacial score (nSPS) is 21.7. The van der Waals surface area contributed by atoms with Gasteiger partial charge in [-0.2, -0.15) is 0 Å². The van der Waals surface area contributed by atoms with Crippen LogP contribution in [0.2, 0.25) is 0 Å². The summed E-state index contributed by atoms with van der Waals surface area (Å²) in [6.07, 6.45) is 9.72. The third-order valence-corrected chi connectivity index (χ3v) is 13.9. The van der Waals surface area contributed by atoms with E-state index in [1.54, 1.807) is 36.4 Å². The first-order valence-corrected chi connectivity index (χ1v) is 24.2. The average Bonchev–Trinajstić information content (AvgIpc) is 3.38. The Hall–Kier alpha value is -6.87.